The zero-order valence-corrected chi connectivity index (χ0v) is 15.2. The van der Waals surface area contributed by atoms with Gasteiger partial charge in [0.25, 0.3) is 0 Å². The first-order chi connectivity index (χ1) is 11.8. The molecule has 0 spiro atoms. The molecule has 1 aromatic carbocycles. The molecular weight excluding hydrogens is 318 g/mol. The molecular formula is C19H23N3O3. The number of rotatable bonds is 5. The van der Waals surface area contributed by atoms with E-state index in [-0.39, 0.29) is 23.2 Å². The summed E-state index contributed by atoms with van der Waals surface area (Å²) in [7, 11) is 1.61. The zero-order chi connectivity index (χ0) is 18.2. The Balaban J connectivity index is 1.77. The number of methoxy groups -OCH3 is 1. The third-order valence-electron chi connectivity index (χ3n) is 4.80. The highest BCUT2D eigenvalue weighted by atomic mass is 16.6. The third-order valence-corrected chi connectivity index (χ3v) is 4.80. The van der Waals surface area contributed by atoms with Crippen molar-refractivity contribution in [1.82, 2.24) is 10.3 Å². The number of benzene rings is 1. The number of hydrogen-bond donors (Lipinski definition) is 1. The first kappa shape index (κ1) is 17.2. The molecule has 132 valence electrons. The molecule has 1 amide bonds. The molecule has 1 aromatic heterocycles. The van der Waals surface area contributed by atoms with E-state index < -0.39 is 0 Å². The second kappa shape index (κ2) is 6.35. The van der Waals surface area contributed by atoms with Crippen LogP contribution in [0.15, 0.2) is 40.5 Å². The lowest BCUT2D eigenvalue weighted by Crippen LogP contribution is -2.17. The Morgan fingerprint density at radius 2 is 1.92 bits per heavy atom. The smallest absolute Gasteiger partial charge is 0.229 e. The van der Waals surface area contributed by atoms with Gasteiger partial charge in [-0.15, -0.1) is 0 Å². The molecule has 0 radical (unpaired) electrons. The fraction of sp³-hybridized carbons (Fsp3) is 0.421. The third kappa shape index (κ3) is 3.29. The van der Waals surface area contributed by atoms with Crippen LogP contribution in [0.5, 0.6) is 5.75 Å². The van der Waals surface area contributed by atoms with Crippen LogP contribution in [0.3, 0.4) is 0 Å². The average Bonchev–Trinajstić information content (AvgIpc) is 2.90. The van der Waals surface area contributed by atoms with Crippen molar-refractivity contribution in [3.8, 4) is 17.0 Å². The van der Waals surface area contributed by atoms with Crippen LogP contribution in [0.4, 0.5) is 5.82 Å². The summed E-state index contributed by atoms with van der Waals surface area (Å²) in [6, 6.07) is 7.34. The van der Waals surface area contributed by atoms with Crippen molar-refractivity contribution in [3.05, 3.63) is 35.9 Å². The number of ether oxygens (including phenoxy) is 1. The van der Waals surface area contributed by atoms with Crippen LogP contribution in [0.2, 0.25) is 0 Å². The number of carbonyl (C=O) groups excluding carboxylic acids is 1. The van der Waals surface area contributed by atoms with E-state index in [0.29, 0.717) is 11.5 Å². The van der Waals surface area contributed by atoms with E-state index in [9.17, 15) is 4.79 Å². The second-order valence-corrected chi connectivity index (χ2v) is 7.25. The highest BCUT2D eigenvalue weighted by Gasteiger charge is 2.60. The standard InChI is InChI=1S/C19H23N3O3/c1-11(2)10-14-15(19(14,3)4)18(23)20-17-16(21-25-22-17)12-6-8-13(24-5)9-7-12/h6-10,14-15H,1-5H3,(H,20,22,23)/t14-,15+/m0/s1. The summed E-state index contributed by atoms with van der Waals surface area (Å²) >= 11 is 0. The molecule has 1 fully saturated rings. The lowest BCUT2D eigenvalue weighted by atomic mass is 10.1. The average molecular weight is 341 g/mol. The Labute approximate surface area is 147 Å². The summed E-state index contributed by atoms with van der Waals surface area (Å²) in [5, 5.41) is 10.7. The largest absolute Gasteiger partial charge is 0.497 e. The van der Waals surface area contributed by atoms with Gasteiger partial charge in [-0.25, -0.2) is 4.63 Å². The highest BCUT2D eigenvalue weighted by molar-refractivity contribution is 5.97. The molecule has 1 aliphatic rings. The minimum Gasteiger partial charge on any atom is -0.497 e. The maximum Gasteiger partial charge on any atom is 0.229 e. The summed E-state index contributed by atoms with van der Waals surface area (Å²) in [5.74, 6) is 1.19. The van der Waals surface area contributed by atoms with Crippen LogP contribution in [0, 0.1) is 17.3 Å². The van der Waals surface area contributed by atoms with Crippen molar-refractivity contribution in [3.63, 3.8) is 0 Å². The zero-order valence-electron chi connectivity index (χ0n) is 15.2. The van der Waals surface area contributed by atoms with Gasteiger partial charge in [-0.05, 0) is 59.8 Å². The summed E-state index contributed by atoms with van der Waals surface area (Å²) < 4.78 is 10.00. The number of nitrogens with zero attached hydrogens (tertiary/aromatic N) is 2. The number of aromatic nitrogens is 2. The Bertz CT molecular complexity index is 802. The number of nitrogens with one attached hydrogen (secondary N) is 1. The molecule has 6 nitrogen and oxygen atoms in total. The topological polar surface area (TPSA) is 77.2 Å². The molecule has 2 aromatic rings. The summed E-state index contributed by atoms with van der Waals surface area (Å²) in [4.78, 5) is 12.7. The predicted molar refractivity (Wildman–Crippen MR) is 95.1 cm³/mol. The molecule has 2 atom stereocenters. The quantitative estimate of drug-likeness (QED) is 0.834. The molecule has 0 aliphatic heterocycles. The number of hydrogen-bond acceptors (Lipinski definition) is 5. The van der Waals surface area contributed by atoms with Crippen molar-refractivity contribution in [2.75, 3.05) is 12.4 Å². The van der Waals surface area contributed by atoms with Crippen molar-refractivity contribution in [2.45, 2.75) is 27.7 Å². The lowest BCUT2D eigenvalue weighted by Gasteiger charge is -2.05. The van der Waals surface area contributed by atoms with Gasteiger partial charge in [0.15, 0.2) is 5.69 Å². The van der Waals surface area contributed by atoms with Crippen LogP contribution in [0.25, 0.3) is 11.3 Å². The van der Waals surface area contributed by atoms with Crippen molar-refractivity contribution >= 4 is 11.7 Å². The van der Waals surface area contributed by atoms with E-state index in [0.717, 1.165) is 11.3 Å². The Morgan fingerprint density at radius 1 is 1.24 bits per heavy atom. The summed E-state index contributed by atoms with van der Waals surface area (Å²) in [6.45, 7) is 8.30. The maximum atomic E-state index is 12.7. The fourth-order valence-electron chi connectivity index (χ4n) is 3.25. The second-order valence-electron chi connectivity index (χ2n) is 7.25. The fourth-order valence-corrected chi connectivity index (χ4v) is 3.25. The van der Waals surface area contributed by atoms with Gasteiger partial charge in [0.05, 0.1) is 13.0 Å². The molecule has 6 heteroatoms. The van der Waals surface area contributed by atoms with Crippen LogP contribution < -0.4 is 10.1 Å². The number of allylic oxidation sites excluding steroid dienone is 2. The van der Waals surface area contributed by atoms with Crippen molar-refractivity contribution < 1.29 is 14.2 Å². The highest BCUT2D eigenvalue weighted by Crippen LogP contribution is 2.59. The van der Waals surface area contributed by atoms with Crippen molar-refractivity contribution in [1.29, 1.82) is 0 Å². The molecule has 1 N–H and O–H groups in total. The maximum absolute atomic E-state index is 12.7. The van der Waals surface area contributed by atoms with Gasteiger partial charge in [0.2, 0.25) is 11.7 Å². The Kier molecular flexibility index (Phi) is 4.37. The van der Waals surface area contributed by atoms with Gasteiger partial charge < -0.3 is 10.1 Å². The van der Waals surface area contributed by atoms with E-state index in [2.05, 4.69) is 35.6 Å². The van der Waals surface area contributed by atoms with E-state index in [1.165, 1.54) is 5.57 Å². The minimum atomic E-state index is -0.0807. The number of amides is 1. The van der Waals surface area contributed by atoms with Crippen LogP contribution in [-0.2, 0) is 4.79 Å². The molecule has 1 saturated carbocycles. The SMILES string of the molecule is COc1ccc(-c2nonc2NC(=O)[C@H]2[C@H](C=C(C)C)C2(C)C)cc1. The minimum absolute atomic E-state index is 0.0568. The predicted octanol–water partition coefficient (Wildman–Crippen LogP) is 3.92. The Morgan fingerprint density at radius 3 is 2.52 bits per heavy atom. The number of anilines is 1. The van der Waals surface area contributed by atoms with Crippen LogP contribution in [-0.4, -0.2) is 23.3 Å². The van der Waals surface area contributed by atoms with Gasteiger partial charge in [-0.3, -0.25) is 4.79 Å². The molecule has 1 heterocycles. The van der Waals surface area contributed by atoms with Gasteiger partial charge >= 0.3 is 0 Å². The first-order valence-electron chi connectivity index (χ1n) is 8.27. The van der Waals surface area contributed by atoms with E-state index in [1.54, 1.807) is 7.11 Å². The molecule has 25 heavy (non-hydrogen) atoms. The van der Waals surface area contributed by atoms with E-state index in [1.807, 2.05) is 38.1 Å². The van der Waals surface area contributed by atoms with Crippen LogP contribution in [0.1, 0.15) is 27.7 Å². The van der Waals surface area contributed by atoms with Crippen molar-refractivity contribution in [2.24, 2.45) is 17.3 Å². The van der Waals surface area contributed by atoms with E-state index in [4.69, 9.17) is 9.37 Å². The van der Waals surface area contributed by atoms with Crippen LogP contribution >= 0.6 is 0 Å². The molecule has 3 rings (SSSR count). The van der Waals surface area contributed by atoms with Gasteiger partial charge in [-0.2, -0.15) is 0 Å². The summed E-state index contributed by atoms with van der Waals surface area (Å²) in [5.41, 5.74) is 2.47. The van der Waals surface area contributed by atoms with Gasteiger partial charge in [0, 0.05) is 5.56 Å². The van der Waals surface area contributed by atoms with E-state index >= 15 is 0 Å². The summed E-state index contributed by atoms with van der Waals surface area (Å²) in [6.07, 6.45) is 2.16. The lowest BCUT2D eigenvalue weighted by molar-refractivity contribution is -0.118. The van der Waals surface area contributed by atoms with Gasteiger partial charge in [0.1, 0.15) is 5.75 Å². The first-order valence-corrected chi connectivity index (χ1v) is 8.27. The molecule has 0 saturated heterocycles. The van der Waals surface area contributed by atoms with Gasteiger partial charge in [-0.1, -0.05) is 25.5 Å². The monoisotopic (exact) mass is 341 g/mol. The Hall–Kier alpha value is -2.63. The molecule has 0 unspecified atom stereocenters. The molecule has 1 aliphatic carbocycles. The number of carbonyl (C=O) groups is 1. The normalized spacial score (nSPS) is 20.7. The molecule has 0 bridgehead atoms.